The molecule has 2 amide bonds. The summed E-state index contributed by atoms with van der Waals surface area (Å²) in [5.74, 6) is 1.11. The number of piperidine rings is 1. The van der Waals surface area contributed by atoms with E-state index in [1.165, 1.54) is 19.3 Å². The summed E-state index contributed by atoms with van der Waals surface area (Å²) in [7, 11) is 1.64. The van der Waals surface area contributed by atoms with E-state index < -0.39 is 0 Å². The van der Waals surface area contributed by atoms with Crippen LogP contribution in [-0.4, -0.2) is 49.0 Å². The van der Waals surface area contributed by atoms with Crippen LogP contribution in [0.3, 0.4) is 0 Å². The van der Waals surface area contributed by atoms with E-state index in [2.05, 4.69) is 15.5 Å². The molecule has 1 aliphatic heterocycles. The van der Waals surface area contributed by atoms with E-state index in [-0.39, 0.29) is 23.8 Å². The second kappa shape index (κ2) is 10.6. The van der Waals surface area contributed by atoms with Gasteiger partial charge in [-0.3, -0.25) is 14.5 Å². The maximum Gasteiger partial charge on any atom is 0.237 e. The lowest BCUT2D eigenvalue weighted by Gasteiger charge is -2.35. The number of likely N-dealkylation sites (tertiary alicyclic amines) is 1. The van der Waals surface area contributed by atoms with Crippen LogP contribution < -0.4 is 15.4 Å². The molecule has 1 unspecified atom stereocenters. The van der Waals surface area contributed by atoms with Crippen molar-refractivity contribution in [1.29, 1.82) is 0 Å². The number of carbonyl (C=O) groups is 2. The zero-order valence-corrected chi connectivity index (χ0v) is 17.8. The molecule has 2 N–H and O–H groups in total. The molecule has 160 valence electrons. The SMILES string of the molecule is COc1cccc(CNC(=O)C(C)N2CCC(C(=O)NC3CCCCC3)CC2)c1. The van der Waals surface area contributed by atoms with Crippen LogP contribution in [0.4, 0.5) is 0 Å². The molecule has 29 heavy (non-hydrogen) atoms. The average Bonchev–Trinajstić information content (AvgIpc) is 2.78. The number of nitrogens with one attached hydrogen (secondary N) is 2. The van der Waals surface area contributed by atoms with Crippen molar-refractivity contribution < 1.29 is 14.3 Å². The quantitative estimate of drug-likeness (QED) is 0.737. The van der Waals surface area contributed by atoms with E-state index in [0.717, 1.165) is 50.1 Å². The minimum absolute atomic E-state index is 0.0259. The van der Waals surface area contributed by atoms with Crippen molar-refractivity contribution in [2.45, 2.75) is 70.5 Å². The van der Waals surface area contributed by atoms with E-state index in [1.807, 2.05) is 31.2 Å². The fraction of sp³-hybridized carbons (Fsp3) is 0.652. The number of hydrogen-bond acceptors (Lipinski definition) is 4. The first kappa shape index (κ1) is 21.6. The normalized spacial score (nSPS) is 20.1. The highest BCUT2D eigenvalue weighted by Gasteiger charge is 2.30. The van der Waals surface area contributed by atoms with Crippen molar-refractivity contribution in [2.75, 3.05) is 20.2 Å². The minimum Gasteiger partial charge on any atom is -0.497 e. The van der Waals surface area contributed by atoms with Gasteiger partial charge in [-0.05, 0) is 63.4 Å². The van der Waals surface area contributed by atoms with Crippen LogP contribution in [0, 0.1) is 5.92 Å². The van der Waals surface area contributed by atoms with Gasteiger partial charge in [0.1, 0.15) is 5.75 Å². The third-order valence-electron chi connectivity index (χ3n) is 6.38. The number of methoxy groups -OCH3 is 1. The van der Waals surface area contributed by atoms with Crippen LogP contribution in [0.1, 0.15) is 57.4 Å². The molecule has 0 spiro atoms. The van der Waals surface area contributed by atoms with Crippen molar-refractivity contribution in [2.24, 2.45) is 5.92 Å². The Kier molecular flexibility index (Phi) is 7.92. The standard InChI is InChI=1S/C23H35N3O3/c1-17(22(27)24-16-18-7-6-10-21(15-18)29-2)26-13-11-19(12-14-26)23(28)25-20-8-4-3-5-9-20/h6-7,10,15,17,19-20H,3-5,8-9,11-14,16H2,1-2H3,(H,24,27)(H,25,28). The van der Waals surface area contributed by atoms with E-state index in [1.54, 1.807) is 7.11 Å². The first-order chi connectivity index (χ1) is 14.1. The Morgan fingerprint density at radius 1 is 1.14 bits per heavy atom. The molecule has 0 bridgehead atoms. The van der Waals surface area contributed by atoms with Crippen LogP contribution in [0.2, 0.25) is 0 Å². The number of carbonyl (C=O) groups excluding carboxylic acids is 2. The Balaban J connectivity index is 1.40. The van der Waals surface area contributed by atoms with Gasteiger partial charge in [0, 0.05) is 18.5 Å². The van der Waals surface area contributed by atoms with Gasteiger partial charge in [-0.25, -0.2) is 0 Å². The van der Waals surface area contributed by atoms with Crippen LogP contribution in [0.5, 0.6) is 5.75 Å². The highest BCUT2D eigenvalue weighted by molar-refractivity contribution is 5.81. The zero-order valence-electron chi connectivity index (χ0n) is 17.8. The summed E-state index contributed by atoms with van der Waals surface area (Å²) in [6.07, 6.45) is 7.64. The van der Waals surface area contributed by atoms with E-state index in [9.17, 15) is 9.59 Å². The molecule has 1 aromatic rings. The summed E-state index contributed by atoms with van der Waals surface area (Å²) < 4.78 is 5.23. The maximum absolute atomic E-state index is 12.6. The second-order valence-electron chi connectivity index (χ2n) is 8.40. The molecule has 1 saturated heterocycles. The number of ether oxygens (including phenoxy) is 1. The third-order valence-corrected chi connectivity index (χ3v) is 6.38. The van der Waals surface area contributed by atoms with Gasteiger partial charge < -0.3 is 15.4 Å². The van der Waals surface area contributed by atoms with Crippen LogP contribution in [0.25, 0.3) is 0 Å². The number of amides is 2. The molecule has 1 aromatic carbocycles. The lowest BCUT2D eigenvalue weighted by molar-refractivity contribution is -0.129. The molecule has 6 heteroatoms. The smallest absolute Gasteiger partial charge is 0.237 e. The van der Waals surface area contributed by atoms with Crippen molar-refractivity contribution >= 4 is 11.8 Å². The predicted octanol–water partition coefficient (Wildman–Crippen LogP) is 2.86. The number of nitrogens with zero attached hydrogens (tertiary/aromatic N) is 1. The minimum atomic E-state index is -0.192. The van der Waals surface area contributed by atoms with Gasteiger partial charge in [0.15, 0.2) is 0 Å². The topological polar surface area (TPSA) is 70.7 Å². The number of benzene rings is 1. The van der Waals surface area contributed by atoms with Gasteiger partial charge >= 0.3 is 0 Å². The molecule has 1 aliphatic carbocycles. The lowest BCUT2D eigenvalue weighted by atomic mass is 9.92. The summed E-state index contributed by atoms with van der Waals surface area (Å²) in [6.45, 7) is 4.01. The first-order valence-electron chi connectivity index (χ1n) is 11.0. The molecule has 1 heterocycles. The molecular weight excluding hydrogens is 366 g/mol. The Morgan fingerprint density at radius 2 is 1.86 bits per heavy atom. The Labute approximate surface area is 174 Å². The lowest BCUT2D eigenvalue weighted by Crippen LogP contribution is -2.50. The molecule has 1 atom stereocenters. The van der Waals surface area contributed by atoms with Gasteiger partial charge in [-0.1, -0.05) is 31.4 Å². The van der Waals surface area contributed by atoms with E-state index >= 15 is 0 Å². The molecular formula is C23H35N3O3. The van der Waals surface area contributed by atoms with Gasteiger partial charge in [0.25, 0.3) is 0 Å². The first-order valence-corrected chi connectivity index (χ1v) is 11.0. The Bertz CT molecular complexity index is 680. The zero-order chi connectivity index (χ0) is 20.6. The molecule has 1 saturated carbocycles. The summed E-state index contributed by atoms with van der Waals surface area (Å²) in [4.78, 5) is 27.3. The largest absolute Gasteiger partial charge is 0.497 e. The van der Waals surface area contributed by atoms with Crippen LogP contribution >= 0.6 is 0 Å². The maximum atomic E-state index is 12.6. The molecule has 3 rings (SSSR count). The molecule has 0 aromatic heterocycles. The fourth-order valence-corrected chi connectivity index (χ4v) is 4.40. The number of hydrogen-bond donors (Lipinski definition) is 2. The highest BCUT2D eigenvalue weighted by atomic mass is 16.5. The molecule has 2 aliphatic rings. The van der Waals surface area contributed by atoms with E-state index in [4.69, 9.17) is 4.74 Å². The molecule has 6 nitrogen and oxygen atoms in total. The summed E-state index contributed by atoms with van der Waals surface area (Å²) >= 11 is 0. The second-order valence-corrected chi connectivity index (χ2v) is 8.40. The summed E-state index contributed by atoms with van der Waals surface area (Å²) in [6, 6.07) is 7.90. The average molecular weight is 402 g/mol. The van der Waals surface area contributed by atoms with E-state index in [0.29, 0.717) is 12.6 Å². The number of rotatable bonds is 7. The Hall–Kier alpha value is -2.08. The third kappa shape index (κ3) is 6.20. The summed E-state index contributed by atoms with van der Waals surface area (Å²) in [5.41, 5.74) is 1.02. The van der Waals surface area contributed by atoms with Gasteiger partial charge in [0.05, 0.1) is 13.2 Å². The van der Waals surface area contributed by atoms with Crippen LogP contribution in [-0.2, 0) is 16.1 Å². The monoisotopic (exact) mass is 401 g/mol. The van der Waals surface area contributed by atoms with Crippen LogP contribution in [0.15, 0.2) is 24.3 Å². The van der Waals surface area contributed by atoms with Crippen molar-refractivity contribution in [3.8, 4) is 5.75 Å². The highest BCUT2D eigenvalue weighted by Crippen LogP contribution is 2.22. The van der Waals surface area contributed by atoms with Crippen molar-refractivity contribution in [3.05, 3.63) is 29.8 Å². The fourth-order valence-electron chi connectivity index (χ4n) is 4.40. The van der Waals surface area contributed by atoms with Crippen molar-refractivity contribution in [3.63, 3.8) is 0 Å². The summed E-state index contributed by atoms with van der Waals surface area (Å²) in [5, 5.41) is 6.28. The Morgan fingerprint density at radius 3 is 2.55 bits per heavy atom. The van der Waals surface area contributed by atoms with Gasteiger partial charge in [0.2, 0.25) is 11.8 Å². The molecule has 2 fully saturated rings. The van der Waals surface area contributed by atoms with Gasteiger partial charge in [-0.15, -0.1) is 0 Å². The van der Waals surface area contributed by atoms with Crippen molar-refractivity contribution in [1.82, 2.24) is 15.5 Å². The predicted molar refractivity (Wildman–Crippen MR) is 114 cm³/mol. The van der Waals surface area contributed by atoms with Gasteiger partial charge in [-0.2, -0.15) is 0 Å². The molecule has 0 radical (unpaired) electrons.